The van der Waals surface area contributed by atoms with Crippen molar-refractivity contribution in [2.45, 2.75) is 19.6 Å². The Bertz CT molecular complexity index is 498. The normalized spacial score (nSPS) is 12.4. The molecule has 4 nitrogen and oxygen atoms in total. The first-order valence-corrected chi connectivity index (χ1v) is 6.52. The van der Waals surface area contributed by atoms with Crippen LogP contribution in [0.2, 0.25) is 0 Å². The van der Waals surface area contributed by atoms with Gasteiger partial charge in [0.15, 0.2) is 0 Å². The van der Waals surface area contributed by atoms with Crippen molar-refractivity contribution in [3.8, 4) is 5.75 Å². The number of rotatable bonds is 5. The molecule has 0 bridgehead atoms. The van der Waals surface area contributed by atoms with Gasteiger partial charge in [-0.3, -0.25) is 0 Å². The van der Waals surface area contributed by atoms with Gasteiger partial charge in [0.1, 0.15) is 12.4 Å². The molecule has 0 aliphatic heterocycles. The van der Waals surface area contributed by atoms with Gasteiger partial charge in [-0.1, -0.05) is 15.9 Å². The van der Waals surface area contributed by atoms with Crippen molar-refractivity contribution in [1.82, 2.24) is 9.55 Å². The van der Waals surface area contributed by atoms with Crippen molar-refractivity contribution in [1.29, 1.82) is 0 Å². The van der Waals surface area contributed by atoms with Gasteiger partial charge in [-0.25, -0.2) is 4.98 Å². The van der Waals surface area contributed by atoms with Crippen LogP contribution in [-0.4, -0.2) is 21.3 Å². The Morgan fingerprint density at radius 3 is 3.00 bits per heavy atom. The van der Waals surface area contributed by atoms with Crippen molar-refractivity contribution in [3.05, 3.63) is 47.0 Å². The van der Waals surface area contributed by atoms with E-state index in [-0.39, 0.29) is 0 Å². The average Bonchev–Trinajstić information content (AvgIpc) is 2.84. The van der Waals surface area contributed by atoms with Gasteiger partial charge in [0.05, 0.1) is 19.0 Å². The van der Waals surface area contributed by atoms with Gasteiger partial charge >= 0.3 is 0 Å². The Hall–Kier alpha value is -1.33. The van der Waals surface area contributed by atoms with Gasteiger partial charge < -0.3 is 14.4 Å². The number of nitrogens with zero attached hydrogens (tertiary/aromatic N) is 2. The summed E-state index contributed by atoms with van der Waals surface area (Å²) in [7, 11) is 0. The molecule has 0 fully saturated rings. The summed E-state index contributed by atoms with van der Waals surface area (Å²) in [4.78, 5) is 3.97. The number of imidazole rings is 1. The molecular weight excluding hydrogens is 296 g/mol. The van der Waals surface area contributed by atoms with Gasteiger partial charge in [-0.05, 0) is 25.1 Å². The Morgan fingerprint density at radius 2 is 2.33 bits per heavy atom. The van der Waals surface area contributed by atoms with Gasteiger partial charge in [0.2, 0.25) is 0 Å². The molecule has 0 saturated heterocycles. The Balaban J connectivity index is 2.00. The van der Waals surface area contributed by atoms with Gasteiger partial charge in [-0.2, -0.15) is 0 Å². The van der Waals surface area contributed by atoms with Crippen molar-refractivity contribution in [2.75, 3.05) is 6.61 Å². The topological polar surface area (TPSA) is 47.3 Å². The second-order valence-corrected chi connectivity index (χ2v) is 4.92. The first-order valence-electron chi connectivity index (χ1n) is 5.73. The lowest BCUT2D eigenvalue weighted by atomic mass is 10.1. The third kappa shape index (κ3) is 3.34. The Kier molecular flexibility index (Phi) is 4.38. The lowest BCUT2D eigenvalue weighted by Crippen LogP contribution is -2.08. The van der Waals surface area contributed by atoms with E-state index in [0.717, 1.165) is 16.6 Å². The summed E-state index contributed by atoms with van der Waals surface area (Å²) in [5.74, 6) is 0.716. The fraction of sp³-hybridized carbons (Fsp3) is 0.308. The van der Waals surface area contributed by atoms with Crippen LogP contribution in [0.15, 0.2) is 41.4 Å². The second kappa shape index (κ2) is 6.02. The minimum absolute atomic E-state index is 0.539. The quantitative estimate of drug-likeness (QED) is 0.923. The van der Waals surface area contributed by atoms with E-state index < -0.39 is 6.10 Å². The predicted octanol–water partition coefficient (Wildman–Crippen LogP) is 2.78. The number of aliphatic hydroxyl groups excluding tert-OH is 1. The summed E-state index contributed by atoms with van der Waals surface area (Å²) >= 11 is 3.39. The largest absolute Gasteiger partial charge is 0.491 e. The standard InChI is InChI=1S/C13H15BrN2O2/c1-10(17)12-8-11(14)2-3-13(12)18-7-6-16-5-4-15-9-16/h2-5,8-10,17H,6-7H2,1H3/t10-/m0/s1. The molecule has 0 amide bonds. The monoisotopic (exact) mass is 310 g/mol. The van der Waals surface area contributed by atoms with Crippen LogP contribution in [-0.2, 0) is 6.54 Å². The summed E-state index contributed by atoms with van der Waals surface area (Å²) < 4.78 is 8.57. The fourth-order valence-electron chi connectivity index (χ4n) is 1.66. The molecule has 0 spiro atoms. The molecule has 0 aliphatic carbocycles. The van der Waals surface area contributed by atoms with E-state index in [1.165, 1.54) is 0 Å². The second-order valence-electron chi connectivity index (χ2n) is 4.01. The minimum Gasteiger partial charge on any atom is -0.491 e. The highest BCUT2D eigenvalue weighted by Gasteiger charge is 2.09. The summed E-state index contributed by atoms with van der Waals surface area (Å²) in [6.45, 7) is 3.00. The van der Waals surface area contributed by atoms with Crippen LogP contribution in [0.1, 0.15) is 18.6 Å². The van der Waals surface area contributed by atoms with Crippen LogP contribution in [0, 0.1) is 0 Å². The molecule has 1 atom stereocenters. The summed E-state index contributed by atoms with van der Waals surface area (Å²) in [5, 5.41) is 9.70. The molecule has 1 aromatic carbocycles. The molecule has 0 unspecified atom stereocenters. The van der Waals surface area contributed by atoms with E-state index >= 15 is 0 Å². The van der Waals surface area contributed by atoms with Crippen molar-refractivity contribution in [3.63, 3.8) is 0 Å². The van der Waals surface area contributed by atoms with E-state index in [9.17, 15) is 5.11 Å². The molecule has 96 valence electrons. The van der Waals surface area contributed by atoms with Crippen molar-refractivity contribution in [2.24, 2.45) is 0 Å². The molecule has 0 saturated carbocycles. The van der Waals surface area contributed by atoms with E-state index in [2.05, 4.69) is 20.9 Å². The molecule has 5 heteroatoms. The van der Waals surface area contributed by atoms with E-state index in [1.54, 1.807) is 19.4 Å². The molecule has 18 heavy (non-hydrogen) atoms. The van der Waals surface area contributed by atoms with Crippen LogP contribution >= 0.6 is 15.9 Å². The minimum atomic E-state index is -0.550. The van der Waals surface area contributed by atoms with E-state index in [1.807, 2.05) is 29.0 Å². The van der Waals surface area contributed by atoms with Crippen LogP contribution in [0.4, 0.5) is 0 Å². The number of hydrogen-bond acceptors (Lipinski definition) is 3. The lowest BCUT2D eigenvalue weighted by Gasteiger charge is -2.14. The molecular formula is C13H15BrN2O2. The number of hydrogen-bond donors (Lipinski definition) is 1. The maximum Gasteiger partial charge on any atom is 0.125 e. The number of aliphatic hydroxyl groups is 1. The molecule has 1 N–H and O–H groups in total. The lowest BCUT2D eigenvalue weighted by molar-refractivity contribution is 0.190. The first kappa shape index (κ1) is 13.1. The summed E-state index contributed by atoms with van der Waals surface area (Å²) in [6.07, 6.45) is 4.83. The molecule has 0 aliphatic rings. The van der Waals surface area contributed by atoms with Crippen molar-refractivity contribution < 1.29 is 9.84 Å². The van der Waals surface area contributed by atoms with E-state index in [4.69, 9.17) is 4.74 Å². The molecule has 2 rings (SSSR count). The van der Waals surface area contributed by atoms with Crippen LogP contribution < -0.4 is 4.74 Å². The maximum atomic E-state index is 9.70. The Labute approximate surface area is 114 Å². The summed E-state index contributed by atoms with van der Waals surface area (Å²) in [5.41, 5.74) is 0.787. The third-order valence-electron chi connectivity index (χ3n) is 2.59. The maximum absolute atomic E-state index is 9.70. The SMILES string of the molecule is C[C@H](O)c1cc(Br)ccc1OCCn1ccnc1. The van der Waals surface area contributed by atoms with Gasteiger partial charge in [-0.15, -0.1) is 0 Å². The zero-order valence-corrected chi connectivity index (χ0v) is 11.7. The highest BCUT2D eigenvalue weighted by atomic mass is 79.9. The van der Waals surface area contributed by atoms with Crippen LogP contribution in [0.25, 0.3) is 0 Å². The highest BCUT2D eigenvalue weighted by Crippen LogP contribution is 2.28. The summed E-state index contributed by atoms with van der Waals surface area (Å²) in [6, 6.07) is 5.63. The van der Waals surface area contributed by atoms with Gasteiger partial charge in [0.25, 0.3) is 0 Å². The van der Waals surface area contributed by atoms with Crippen LogP contribution in [0.5, 0.6) is 5.75 Å². The number of ether oxygens (including phenoxy) is 1. The number of benzene rings is 1. The van der Waals surface area contributed by atoms with E-state index in [0.29, 0.717) is 12.4 Å². The molecule has 1 aromatic heterocycles. The predicted molar refractivity (Wildman–Crippen MR) is 72.5 cm³/mol. The highest BCUT2D eigenvalue weighted by molar-refractivity contribution is 9.10. The molecule has 1 heterocycles. The number of aromatic nitrogens is 2. The van der Waals surface area contributed by atoms with Crippen molar-refractivity contribution >= 4 is 15.9 Å². The smallest absolute Gasteiger partial charge is 0.125 e. The van der Waals surface area contributed by atoms with Gasteiger partial charge in [0, 0.05) is 22.4 Å². The zero-order valence-electron chi connectivity index (χ0n) is 10.1. The zero-order chi connectivity index (χ0) is 13.0. The number of halogens is 1. The fourth-order valence-corrected chi connectivity index (χ4v) is 2.04. The van der Waals surface area contributed by atoms with Crippen LogP contribution in [0.3, 0.4) is 0 Å². The molecule has 0 radical (unpaired) electrons. The Morgan fingerprint density at radius 1 is 1.50 bits per heavy atom. The third-order valence-corrected chi connectivity index (χ3v) is 3.08. The average molecular weight is 311 g/mol. The molecule has 2 aromatic rings. The first-order chi connectivity index (χ1) is 8.66.